The van der Waals surface area contributed by atoms with Crippen LogP contribution in [0.25, 0.3) is 0 Å². The fourth-order valence-electron chi connectivity index (χ4n) is 2.42. The van der Waals surface area contributed by atoms with Gasteiger partial charge in [-0.2, -0.15) is 0 Å². The summed E-state index contributed by atoms with van der Waals surface area (Å²) >= 11 is 6.19. The summed E-state index contributed by atoms with van der Waals surface area (Å²) in [6.45, 7) is 0.867. The van der Waals surface area contributed by atoms with Gasteiger partial charge in [0.15, 0.2) is 11.5 Å². The molecule has 1 N–H and O–H groups in total. The molecule has 25 heavy (non-hydrogen) atoms. The number of amides is 2. The minimum Gasteiger partial charge on any atom is -0.486 e. The summed E-state index contributed by atoms with van der Waals surface area (Å²) in [5.41, 5.74) is 1.26. The molecule has 7 heteroatoms. The number of nitrogens with zero attached hydrogens (tertiary/aromatic N) is 1. The van der Waals surface area contributed by atoms with Gasteiger partial charge in [0.25, 0.3) is 11.8 Å². The van der Waals surface area contributed by atoms with Crippen molar-refractivity contribution >= 4 is 29.1 Å². The van der Waals surface area contributed by atoms with Crippen LogP contribution in [0.15, 0.2) is 36.4 Å². The molecule has 0 fully saturated rings. The highest BCUT2D eigenvalue weighted by Crippen LogP contribution is 2.35. The van der Waals surface area contributed by atoms with Crippen molar-refractivity contribution in [2.24, 2.45) is 0 Å². The summed E-state index contributed by atoms with van der Waals surface area (Å²) in [4.78, 5) is 26.0. The number of fused-ring (bicyclic) bond motifs is 1. The highest BCUT2D eigenvalue weighted by molar-refractivity contribution is 6.34. The van der Waals surface area contributed by atoms with Crippen molar-refractivity contribution in [1.82, 2.24) is 4.90 Å². The van der Waals surface area contributed by atoms with Crippen molar-refractivity contribution in [2.75, 3.05) is 32.6 Å². The van der Waals surface area contributed by atoms with Crippen molar-refractivity contribution in [2.45, 2.75) is 0 Å². The molecule has 1 heterocycles. The maximum absolute atomic E-state index is 12.5. The molecule has 2 aromatic rings. The van der Waals surface area contributed by atoms with Crippen LogP contribution < -0.4 is 14.8 Å². The third-order valence-electron chi connectivity index (χ3n) is 3.65. The van der Waals surface area contributed by atoms with Gasteiger partial charge in [-0.15, -0.1) is 0 Å². The number of benzene rings is 2. The van der Waals surface area contributed by atoms with Gasteiger partial charge >= 0.3 is 0 Å². The van der Waals surface area contributed by atoms with Gasteiger partial charge in [0.1, 0.15) is 13.2 Å². The quantitative estimate of drug-likeness (QED) is 0.913. The van der Waals surface area contributed by atoms with E-state index in [9.17, 15) is 9.59 Å². The monoisotopic (exact) mass is 360 g/mol. The van der Waals surface area contributed by atoms with Crippen LogP contribution in [-0.4, -0.2) is 44.0 Å². The molecule has 3 rings (SSSR count). The average Bonchev–Trinajstić information content (AvgIpc) is 2.60. The van der Waals surface area contributed by atoms with Gasteiger partial charge in [0.05, 0.1) is 10.6 Å². The summed E-state index contributed by atoms with van der Waals surface area (Å²) in [6, 6.07) is 9.84. The van der Waals surface area contributed by atoms with Gasteiger partial charge in [-0.25, -0.2) is 0 Å². The Bertz CT molecular complexity index is 836. The molecule has 0 aromatic heterocycles. The fraction of sp³-hybridized carbons (Fsp3) is 0.222. The molecule has 0 spiro atoms. The summed E-state index contributed by atoms with van der Waals surface area (Å²) in [5, 5.41) is 3.02. The van der Waals surface area contributed by atoms with Crippen LogP contribution in [0, 0.1) is 0 Å². The maximum Gasteiger partial charge on any atom is 0.257 e. The molecule has 0 aliphatic carbocycles. The molecule has 0 atom stereocenters. The van der Waals surface area contributed by atoms with Crippen molar-refractivity contribution < 1.29 is 19.1 Å². The highest BCUT2D eigenvalue weighted by atomic mass is 35.5. The van der Waals surface area contributed by atoms with Crippen LogP contribution in [-0.2, 0) is 0 Å². The second-order valence-electron chi connectivity index (χ2n) is 5.71. The van der Waals surface area contributed by atoms with E-state index in [0.717, 1.165) is 0 Å². The Morgan fingerprint density at radius 2 is 1.76 bits per heavy atom. The zero-order valence-electron chi connectivity index (χ0n) is 13.8. The lowest BCUT2D eigenvalue weighted by molar-refractivity contribution is 0.0827. The van der Waals surface area contributed by atoms with Crippen molar-refractivity contribution in [1.29, 1.82) is 0 Å². The summed E-state index contributed by atoms with van der Waals surface area (Å²) in [6.07, 6.45) is 0. The first-order valence-electron chi connectivity index (χ1n) is 7.68. The maximum atomic E-state index is 12.5. The minimum absolute atomic E-state index is 0.145. The van der Waals surface area contributed by atoms with Crippen LogP contribution in [0.4, 0.5) is 5.69 Å². The third-order valence-corrected chi connectivity index (χ3v) is 3.96. The van der Waals surface area contributed by atoms with Crippen LogP contribution in [0.5, 0.6) is 11.5 Å². The molecule has 2 aromatic carbocycles. The Labute approximate surface area is 150 Å². The van der Waals surface area contributed by atoms with E-state index >= 15 is 0 Å². The molecule has 1 aliphatic rings. The van der Waals surface area contributed by atoms with Crippen molar-refractivity contribution in [3.05, 3.63) is 52.5 Å². The molecular formula is C18H17ClN2O4. The lowest BCUT2D eigenvalue weighted by Crippen LogP contribution is -2.22. The van der Waals surface area contributed by atoms with Crippen LogP contribution >= 0.6 is 11.6 Å². The van der Waals surface area contributed by atoms with Gasteiger partial charge in [0.2, 0.25) is 0 Å². The number of halogens is 1. The van der Waals surface area contributed by atoms with E-state index in [1.54, 1.807) is 50.5 Å². The number of hydrogen-bond donors (Lipinski definition) is 1. The van der Waals surface area contributed by atoms with Gasteiger partial charge in [-0.1, -0.05) is 17.7 Å². The van der Waals surface area contributed by atoms with E-state index in [-0.39, 0.29) is 16.5 Å². The van der Waals surface area contributed by atoms with Gasteiger partial charge in [0, 0.05) is 31.4 Å². The van der Waals surface area contributed by atoms with E-state index in [2.05, 4.69) is 5.32 Å². The first-order chi connectivity index (χ1) is 12.0. The normalized spacial score (nSPS) is 12.4. The first kappa shape index (κ1) is 17.1. The average molecular weight is 361 g/mol. The number of anilines is 1. The molecule has 1 aliphatic heterocycles. The van der Waals surface area contributed by atoms with Gasteiger partial charge in [-0.3, -0.25) is 9.59 Å². The number of carbonyl (C=O) groups excluding carboxylic acids is 2. The second-order valence-corrected chi connectivity index (χ2v) is 6.12. The van der Waals surface area contributed by atoms with E-state index < -0.39 is 5.91 Å². The smallest absolute Gasteiger partial charge is 0.257 e. The molecule has 0 unspecified atom stereocenters. The van der Waals surface area contributed by atoms with Crippen LogP contribution in [0.3, 0.4) is 0 Å². The lowest BCUT2D eigenvalue weighted by Gasteiger charge is -2.19. The Kier molecular flexibility index (Phi) is 4.81. The van der Waals surface area contributed by atoms with Crippen molar-refractivity contribution in [3.8, 4) is 11.5 Å². The van der Waals surface area contributed by atoms with Gasteiger partial charge < -0.3 is 19.7 Å². The predicted octanol–water partition coefficient (Wildman–Crippen LogP) is 3.07. The molecule has 0 radical (unpaired) electrons. The van der Waals surface area contributed by atoms with E-state index in [1.165, 1.54) is 4.90 Å². The largest absolute Gasteiger partial charge is 0.486 e. The number of hydrogen-bond acceptors (Lipinski definition) is 4. The first-order valence-corrected chi connectivity index (χ1v) is 8.05. The molecule has 6 nitrogen and oxygen atoms in total. The minimum atomic E-state index is -0.392. The fourth-order valence-corrected chi connectivity index (χ4v) is 2.66. The number of carbonyl (C=O) groups is 2. The molecule has 0 saturated heterocycles. The topological polar surface area (TPSA) is 67.9 Å². The van der Waals surface area contributed by atoms with Crippen LogP contribution in [0.2, 0.25) is 5.02 Å². The number of ether oxygens (including phenoxy) is 2. The number of nitrogens with one attached hydrogen (secondary N) is 1. The molecular weight excluding hydrogens is 344 g/mol. The second kappa shape index (κ2) is 7.03. The summed E-state index contributed by atoms with van der Waals surface area (Å²) in [5.74, 6) is 0.466. The van der Waals surface area contributed by atoms with Gasteiger partial charge in [-0.05, 0) is 24.3 Å². The molecule has 130 valence electrons. The van der Waals surface area contributed by atoms with E-state index in [1.807, 2.05) is 0 Å². The standard InChI is InChI=1S/C18H17ClN2O4/c1-21(2)18(23)11-4-3-5-12(8-11)20-17(22)13-9-15-16(10-14(13)19)25-7-6-24-15/h3-5,8-10H,6-7H2,1-2H3,(H,20,22). The molecule has 2 amide bonds. The Morgan fingerprint density at radius 1 is 1.08 bits per heavy atom. The SMILES string of the molecule is CN(C)C(=O)c1cccc(NC(=O)c2cc3c(cc2Cl)OCCO3)c1. The molecule has 0 saturated carbocycles. The highest BCUT2D eigenvalue weighted by Gasteiger charge is 2.19. The number of rotatable bonds is 3. The zero-order valence-corrected chi connectivity index (χ0v) is 14.6. The Hall–Kier alpha value is -2.73. The Morgan fingerprint density at radius 3 is 2.44 bits per heavy atom. The van der Waals surface area contributed by atoms with Crippen LogP contribution in [0.1, 0.15) is 20.7 Å². The lowest BCUT2D eigenvalue weighted by atomic mass is 10.1. The van der Waals surface area contributed by atoms with E-state index in [0.29, 0.717) is 36.0 Å². The van der Waals surface area contributed by atoms with E-state index in [4.69, 9.17) is 21.1 Å². The summed E-state index contributed by atoms with van der Waals surface area (Å²) in [7, 11) is 3.34. The molecule has 0 bridgehead atoms. The zero-order chi connectivity index (χ0) is 18.0. The van der Waals surface area contributed by atoms with Crippen molar-refractivity contribution in [3.63, 3.8) is 0 Å². The third kappa shape index (κ3) is 3.69. The summed E-state index contributed by atoms with van der Waals surface area (Å²) < 4.78 is 10.9. The predicted molar refractivity (Wildman–Crippen MR) is 94.9 cm³/mol. The Balaban J connectivity index is 1.83.